The van der Waals surface area contributed by atoms with Gasteiger partial charge in [-0.1, -0.05) is 0 Å². The van der Waals surface area contributed by atoms with Gasteiger partial charge >= 0.3 is 0 Å². The molecule has 1 fully saturated rings. The third-order valence-corrected chi connectivity index (χ3v) is 5.52. The lowest BCUT2D eigenvalue weighted by molar-refractivity contribution is 0.307. The maximum atomic E-state index is 12.1. The van der Waals surface area contributed by atoms with E-state index in [9.17, 15) is 8.42 Å². The van der Waals surface area contributed by atoms with E-state index in [0.29, 0.717) is 12.4 Å². The van der Waals surface area contributed by atoms with E-state index >= 15 is 0 Å². The fraction of sp³-hybridized carbons (Fsp3) is 0.583. The van der Waals surface area contributed by atoms with Crippen LogP contribution in [0.15, 0.2) is 23.2 Å². The number of rotatable bonds is 6. The SMILES string of the molecule is CNc1ccc(S(=O)(=O)NCCN2CCSCC2)cn1. The number of sulfonamides is 1. The van der Waals surface area contributed by atoms with Crippen LogP contribution >= 0.6 is 11.8 Å². The summed E-state index contributed by atoms with van der Waals surface area (Å²) < 4.78 is 26.8. The minimum atomic E-state index is -3.46. The largest absolute Gasteiger partial charge is 0.373 e. The molecule has 0 atom stereocenters. The summed E-state index contributed by atoms with van der Waals surface area (Å²) in [5.41, 5.74) is 0. The molecule has 0 aliphatic carbocycles. The lowest BCUT2D eigenvalue weighted by Crippen LogP contribution is -2.39. The number of thioether (sulfide) groups is 1. The summed E-state index contributed by atoms with van der Waals surface area (Å²) in [5, 5.41) is 2.86. The molecule has 1 saturated heterocycles. The van der Waals surface area contributed by atoms with Crippen molar-refractivity contribution >= 4 is 27.6 Å². The number of anilines is 1. The number of hydrogen-bond donors (Lipinski definition) is 2. The topological polar surface area (TPSA) is 74.3 Å². The molecule has 0 spiro atoms. The van der Waals surface area contributed by atoms with Crippen molar-refractivity contribution in [3.05, 3.63) is 18.3 Å². The van der Waals surface area contributed by atoms with Crippen molar-refractivity contribution in [2.75, 3.05) is 50.0 Å². The molecule has 0 aromatic carbocycles. The smallest absolute Gasteiger partial charge is 0.242 e. The number of aromatic nitrogens is 1. The average Bonchev–Trinajstić information content (AvgIpc) is 2.48. The molecule has 6 nitrogen and oxygen atoms in total. The van der Waals surface area contributed by atoms with E-state index < -0.39 is 10.0 Å². The van der Waals surface area contributed by atoms with Crippen LogP contribution in [0, 0.1) is 0 Å². The summed E-state index contributed by atoms with van der Waals surface area (Å²) in [6, 6.07) is 3.20. The Morgan fingerprint density at radius 3 is 2.70 bits per heavy atom. The van der Waals surface area contributed by atoms with Crippen LogP contribution in [-0.4, -0.2) is 63.0 Å². The van der Waals surface area contributed by atoms with Crippen molar-refractivity contribution in [3.8, 4) is 0 Å². The maximum absolute atomic E-state index is 12.1. The van der Waals surface area contributed by atoms with Gasteiger partial charge in [-0.3, -0.25) is 0 Å². The zero-order valence-electron chi connectivity index (χ0n) is 11.5. The van der Waals surface area contributed by atoms with Crippen molar-refractivity contribution in [1.82, 2.24) is 14.6 Å². The molecule has 1 aliphatic heterocycles. The van der Waals surface area contributed by atoms with Crippen LogP contribution in [0.1, 0.15) is 0 Å². The van der Waals surface area contributed by atoms with Crippen molar-refractivity contribution in [2.45, 2.75) is 4.90 Å². The van der Waals surface area contributed by atoms with Crippen LogP contribution in [0.25, 0.3) is 0 Å². The standard InChI is InChI=1S/C12H20N4O2S2/c1-13-12-3-2-11(10-14-12)20(17,18)15-4-5-16-6-8-19-9-7-16/h2-3,10,15H,4-9H2,1H3,(H,13,14). The van der Waals surface area contributed by atoms with Gasteiger partial charge in [0.1, 0.15) is 10.7 Å². The Morgan fingerprint density at radius 1 is 1.35 bits per heavy atom. The molecule has 20 heavy (non-hydrogen) atoms. The van der Waals surface area contributed by atoms with E-state index in [4.69, 9.17) is 0 Å². The fourth-order valence-corrected chi connectivity index (χ4v) is 3.88. The van der Waals surface area contributed by atoms with Crippen molar-refractivity contribution < 1.29 is 8.42 Å². The van der Waals surface area contributed by atoms with Crippen molar-refractivity contribution in [1.29, 1.82) is 0 Å². The predicted molar refractivity (Wildman–Crippen MR) is 82.7 cm³/mol. The Hall–Kier alpha value is -0.830. The van der Waals surface area contributed by atoms with Gasteiger partial charge in [0.25, 0.3) is 0 Å². The minimum Gasteiger partial charge on any atom is -0.373 e. The number of hydrogen-bond acceptors (Lipinski definition) is 6. The molecule has 2 N–H and O–H groups in total. The molecule has 1 aliphatic rings. The molecule has 0 amide bonds. The average molecular weight is 316 g/mol. The van der Waals surface area contributed by atoms with Gasteiger partial charge < -0.3 is 10.2 Å². The van der Waals surface area contributed by atoms with E-state index in [1.54, 1.807) is 19.2 Å². The summed E-state index contributed by atoms with van der Waals surface area (Å²) in [5.74, 6) is 2.90. The highest BCUT2D eigenvalue weighted by molar-refractivity contribution is 7.99. The molecule has 2 heterocycles. The molecule has 1 aromatic heterocycles. The molecule has 0 saturated carbocycles. The molecule has 0 radical (unpaired) electrons. The predicted octanol–water partition coefficient (Wildman–Crippen LogP) is 0.450. The molecule has 0 unspecified atom stereocenters. The molecule has 8 heteroatoms. The lowest BCUT2D eigenvalue weighted by atomic mass is 10.4. The van der Waals surface area contributed by atoms with Crippen LogP contribution in [-0.2, 0) is 10.0 Å². The molecule has 2 rings (SSSR count). The Bertz CT molecular complexity index is 513. The second kappa shape index (κ2) is 7.26. The Kier molecular flexibility index (Phi) is 5.64. The van der Waals surface area contributed by atoms with E-state index in [2.05, 4.69) is 19.9 Å². The van der Waals surface area contributed by atoms with E-state index in [0.717, 1.165) is 31.1 Å². The first-order valence-corrected chi connectivity index (χ1v) is 9.19. The van der Waals surface area contributed by atoms with Gasteiger partial charge in [0.15, 0.2) is 0 Å². The molecule has 112 valence electrons. The molecule has 0 bridgehead atoms. The third-order valence-electron chi connectivity index (χ3n) is 3.13. The van der Waals surface area contributed by atoms with Crippen LogP contribution < -0.4 is 10.0 Å². The highest BCUT2D eigenvalue weighted by Gasteiger charge is 2.15. The molecular weight excluding hydrogens is 296 g/mol. The zero-order chi connectivity index (χ0) is 14.4. The van der Waals surface area contributed by atoms with Gasteiger partial charge in [0.05, 0.1) is 0 Å². The molecular formula is C12H20N4O2S2. The van der Waals surface area contributed by atoms with Gasteiger partial charge in [-0.25, -0.2) is 18.1 Å². The van der Waals surface area contributed by atoms with E-state index in [-0.39, 0.29) is 4.90 Å². The van der Waals surface area contributed by atoms with Crippen molar-refractivity contribution in [2.24, 2.45) is 0 Å². The number of nitrogens with one attached hydrogen (secondary N) is 2. The van der Waals surface area contributed by atoms with Gasteiger partial charge in [-0.15, -0.1) is 0 Å². The van der Waals surface area contributed by atoms with E-state index in [1.807, 2.05) is 11.8 Å². The first kappa shape index (κ1) is 15.6. The third kappa shape index (κ3) is 4.34. The summed E-state index contributed by atoms with van der Waals surface area (Å²) in [4.78, 5) is 6.50. The summed E-state index contributed by atoms with van der Waals surface area (Å²) >= 11 is 1.94. The second-order valence-corrected chi connectivity index (χ2v) is 7.47. The van der Waals surface area contributed by atoms with Crippen LogP contribution in [0.2, 0.25) is 0 Å². The highest BCUT2D eigenvalue weighted by atomic mass is 32.2. The monoisotopic (exact) mass is 316 g/mol. The van der Waals surface area contributed by atoms with Gasteiger partial charge in [-0.2, -0.15) is 11.8 Å². The van der Waals surface area contributed by atoms with Crippen LogP contribution in [0.5, 0.6) is 0 Å². The quantitative estimate of drug-likeness (QED) is 0.794. The van der Waals surface area contributed by atoms with Gasteiger partial charge in [0.2, 0.25) is 10.0 Å². The number of nitrogens with zero attached hydrogens (tertiary/aromatic N) is 2. The van der Waals surface area contributed by atoms with Crippen LogP contribution in [0.4, 0.5) is 5.82 Å². The normalized spacial score (nSPS) is 17.1. The highest BCUT2D eigenvalue weighted by Crippen LogP contribution is 2.11. The summed E-state index contributed by atoms with van der Waals surface area (Å²) in [7, 11) is -1.72. The first-order valence-electron chi connectivity index (χ1n) is 6.55. The van der Waals surface area contributed by atoms with E-state index in [1.165, 1.54) is 6.20 Å². The van der Waals surface area contributed by atoms with Gasteiger partial charge in [-0.05, 0) is 12.1 Å². The lowest BCUT2D eigenvalue weighted by Gasteiger charge is -2.25. The number of pyridine rings is 1. The summed E-state index contributed by atoms with van der Waals surface area (Å²) in [6.45, 7) is 3.25. The zero-order valence-corrected chi connectivity index (χ0v) is 13.1. The Balaban J connectivity index is 1.86. The minimum absolute atomic E-state index is 0.200. The first-order chi connectivity index (χ1) is 9.62. The second-order valence-electron chi connectivity index (χ2n) is 4.48. The Morgan fingerprint density at radius 2 is 2.10 bits per heavy atom. The van der Waals surface area contributed by atoms with Crippen LogP contribution in [0.3, 0.4) is 0 Å². The maximum Gasteiger partial charge on any atom is 0.242 e. The molecule has 1 aromatic rings. The fourth-order valence-electron chi connectivity index (χ4n) is 1.93. The Labute approximate surface area is 124 Å². The summed E-state index contributed by atoms with van der Waals surface area (Å²) in [6.07, 6.45) is 1.37. The van der Waals surface area contributed by atoms with Crippen molar-refractivity contribution in [3.63, 3.8) is 0 Å². The van der Waals surface area contributed by atoms with Gasteiger partial charge in [0, 0.05) is 50.9 Å².